The molecule has 0 unspecified atom stereocenters. The second-order valence-corrected chi connectivity index (χ2v) is 4.67. The Morgan fingerprint density at radius 2 is 1.26 bits per heavy atom. The number of rotatable bonds is 3. The van der Waals surface area contributed by atoms with E-state index >= 15 is 0 Å². The fourth-order valence-corrected chi connectivity index (χ4v) is 2.60. The van der Waals surface area contributed by atoms with E-state index < -0.39 is 0 Å². The van der Waals surface area contributed by atoms with Gasteiger partial charge in [0.1, 0.15) is 0 Å². The second kappa shape index (κ2) is 5.75. The second-order valence-electron chi connectivity index (χ2n) is 4.67. The topological polar surface area (TPSA) is 4.93 Å². The van der Waals surface area contributed by atoms with Crippen LogP contribution in [-0.4, -0.2) is 4.57 Å². The van der Waals surface area contributed by atoms with Gasteiger partial charge in [0.05, 0.1) is 0 Å². The molecule has 0 aliphatic heterocycles. The van der Waals surface area contributed by atoms with Crippen LogP contribution in [0.1, 0.15) is 36.4 Å². The van der Waals surface area contributed by atoms with Gasteiger partial charge in [-0.15, -0.1) is 0 Å². The number of hydrogen-bond acceptors (Lipinski definition) is 0. The monoisotopic (exact) mass is 251 g/mol. The highest BCUT2D eigenvalue weighted by Gasteiger charge is 2.14. The molecule has 1 aromatic heterocycles. The van der Waals surface area contributed by atoms with Crippen molar-refractivity contribution in [2.24, 2.45) is 0 Å². The first-order chi connectivity index (χ1) is 9.20. The van der Waals surface area contributed by atoms with Crippen molar-refractivity contribution in [3.63, 3.8) is 0 Å². The summed E-state index contributed by atoms with van der Waals surface area (Å²) in [5.41, 5.74) is 6.41. The molecule has 19 heavy (non-hydrogen) atoms. The van der Waals surface area contributed by atoms with E-state index in [-0.39, 0.29) is 0 Å². The van der Waals surface area contributed by atoms with Gasteiger partial charge in [0.25, 0.3) is 0 Å². The lowest BCUT2D eigenvalue weighted by Crippen LogP contribution is -1.98. The van der Waals surface area contributed by atoms with Crippen molar-refractivity contribution in [2.75, 3.05) is 0 Å². The molecule has 0 saturated heterocycles. The van der Waals surface area contributed by atoms with Crippen molar-refractivity contribution in [2.45, 2.75) is 27.7 Å². The Labute approximate surface area is 115 Å². The summed E-state index contributed by atoms with van der Waals surface area (Å²) in [5.74, 6) is 0. The van der Waals surface area contributed by atoms with E-state index in [9.17, 15) is 0 Å². The van der Waals surface area contributed by atoms with Crippen molar-refractivity contribution in [3.8, 4) is 5.69 Å². The first-order valence-electron chi connectivity index (χ1n) is 6.73. The average Bonchev–Trinajstić information content (AvgIpc) is 2.65. The molecule has 1 nitrogen and oxygen atoms in total. The van der Waals surface area contributed by atoms with Crippen LogP contribution in [0.3, 0.4) is 0 Å². The standard InChI is InChI=1S/C18H21N/c1-5-10-17-14(3)19(15(4)18(17)11-6-2)16-12-8-7-9-13-16/h5-13H,1-4H3/b10-5-,11-6-. The first kappa shape index (κ1) is 13.4. The molecule has 0 radical (unpaired) electrons. The highest BCUT2D eigenvalue weighted by Crippen LogP contribution is 2.28. The largest absolute Gasteiger partial charge is 0.317 e. The lowest BCUT2D eigenvalue weighted by molar-refractivity contribution is 0.963. The molecular weight excluding hydrogens is 230 g/mol. The van der Waals surface area contributed by atoms with Crippen LogP contribution in [0.15, 0.2) is 42.5 Å². The van der Waals surface area contributed by atoms with Crippen LogP contribution in [0.25, 0.3) is 17.8 Å². The summed E-state index contributed by atoms with van der Waals surface area (Å²) in [4.78, 5) is 0. The molecule has 2 rings (SSSR count). The molecule has 1 aromatic carbocycles. The molecule has 0 bridgehead atoms. The van der Waals surface area contributed by atoms with E-state index in [1.165, 1.54) is 28.2 Å². The maximum Gasteiger partial charge on any atom is 0.0455 e. The molecule has 0 aliphatic rings. The Kier molecular flexibility index (Phi) is 4.06. The molecule has 0 fully saturated rings. The number of allylic oxidation sites excluding steroid dienone is 2. The Morgan fingerprint density at radius 1 is 0.789 bits per heavy atom. The first-order valence-corrected chi connectivity index (χ1v) is 6.73. The Hall–Kier alpha value is -2.02. The van der Waals surface area contributed by atoms with Gasteiger partial charge in [-0.1, -0.05) is 42.5 Å². The van der Waals surface area contributed by atoms with E-state index in [4.69, 9.17) is 0 Å². The van der Waals surface area contributed by atoms with E-state index in [0.29, 0.717) is 0 Å². The van der Waals surface area contributed by atoms with Gasteiger partial charge in [-0.05, 0) is 39.8 Å². The van der Waals surface area contributed by atoms with Crippen molar-refractivity contribution in [1.29, 1.82) is 0 Å². The third-order valence-corrected chi connectivity index (χ3v) is 3.42. The third-order valence-electron chi connectivity index (χ3n) is 3.42. The minimum absolute atomic E-state index is 1.22. The van der Waals surface area contributed by atoms with Gasteiger partial charge in [-0.2, -0.15) is 0 Å². The van der Waals surface area contributed by atoms with Crippen LogP contribution in [0.2, 0.25) is 0 Å². The lowest BCUT2D eigenvalue weighted by atomic mass is 10.1. The Morgan fingerprint density at radius 3 is 1.68 bits per heavy atom. The van der Waals surface area contributed by atoms with Gasteiger partial charge >= 0.3 is 0 Å². The quantitative estimate of drug-likeness (QED) is 0.710. The number of hydrogen-bond donors (Lipinski definition) is 0. The van der Waals surface area contributed by atoms with Gasteiger partial charge in [-0.25, -0.2) is 0 Å². The van der Waals surface area contributed by atoms with Crippen LogP contribution < -0.4 is 0 Å². The minimum atomic E-state index is 1.22. The zero-order chi connectivity index (χ0) is 13.8. The number of para-hydroxylation sites is 1. The summed E-state index contributed by atoms with van der Waals surface area (Å²) >= 11 is 0. The molecule has 0 spiro atoms. The van der Waals surface area contributed by atoms with Crippen LogP contribution in [0.5, 0.6) is 0 Å². The maximum absolute atomic E-state index is 2.32. The summed E-state index contributed by atoms with van der Waals surface area (Å²) in [6.45, 7) is 8.49. The minimum Gasteiger partial charge on any atom is -0.317 e. The van der Waals surface area contributed by atoms with E-state index in [1.807, 2.05) is 0 Å². The molecular formula is C18H21N. The van der Waals surface area contributed by atoms with E-state index in [0.717, 1.165) is 0 Å². The molecule has 0 aliphatic carbocycles. The maximum atomic E-state index is 2.32. The normalized spacial score (nSPS) is 11.8. The van der Waals surface area contributed by atoms with Gasteiger partial charge in [0.2, 0.25) is 0 Å². The zero-order valence-electron chi connectivity index (χ0n) is 12.1. The summed E-state index contributed by atoms with van der Waals surface area (Å²) < 4.78 is 2.32. The third kappa shape index (κ3) is 2.41. The lowest BCUT2D eigenvalue weighted by Gasteiger charge is -2.09. The molecule has 1 heterocycles. The smallest absolute Gasteiger partial charge is 0.0455 e. The molecule has 2 aromatic rings. The molecule has 0 atom stereocenters. The highest BCUT2D eigenvalue weighted by atomic mass is 15.0. The van der Waals surface area contributed by atoms with Crippen LogP contribution in [-0.2, 0) is 0 Å². The van der Waals surface area contributed by atoms with Crippen LogP contribution >= 0.6 is 0 Å². The molecule has 0 amide bonds. The van der Waals surface area contributed by atoms with Crippen molar-refractivity contribution in [3.05, 3.63) is 65.0 Å². The van der Waals surface area contributed by atoms with Crippen LogP contribution in [0.4, 0.5) is 0 Å². The predicted octanol–water partition coefficient (Wildman–Crippen LogP) is 5.16. The van der Waals surface area contributed by atoms with E-state index in [1.54, 1.807) is 0 Å². The van der Waals surface area contributed by atoms with Gasteiger partial charge < -0.3 is 4.57 Å². The number of aromatic nitrogens is 1. The van der Waals surface area contributed by atoms with E-state index in [2.05, 4.69) is 86.9 Å². The van der Waals surface area contributed by atoms with Gasteiger partial charge in [0, 0.05) is 28.2 Å². The van der Waals surface area contributed by atoms with Crippen molar-refractivity contribution < 1.29 is 0 Å². The summed E-state index contributed by atoms with van der Waals surface area (Å²) in [7, 11) is 0. The average molecular weight is 251 g/mol. The molecule has 1 heteroatoms. The molecule has 0 N–H and O–H groups in total. The van der Waals surface area contributed by atoms with Crippen LogP contribution in [0, 0.1) is 13.8 Å². The highest BCUT2D eigenvalue weighted by molar-refractivity contribution is 5.71. The summed E-state index contributed by atoms with van der Waals surface area (Å²) in [6, 6.07) is 10.5. The summed E-state index contributed by atoms with van der Waals surface area (Å²) in [5, 5.41) is 0. The molecule has 0 saturated carbocycles. The SMILES string of the molecule is C/C=C\c1c(/C=C\C)c(C)n(-c2ccccc2)c1C. The number of nitrogens with zero attached hydrogens (tertiary/aromatic N) is 1. The van der Waals surface area contributed by atoms with Crippen molar-refractivity contribution >= 4 is 12.2 Å². The fraction of sp³-hybridized carbons (Fsp3) is 0.222. The van der Waals surface area contributed by atoms with Crippen molar-refractivity contribution in [1.82, 2.24) is 4.57 Å². The van der Waals surface area contributed by atoms with Gasteiger partial charge in [0.15, 0.2) is 0 Å². The summed E-state index contributed by atoms with van der Waals surface area (Å²) in [6.07, 6.45) is 8.59. The zero-order valence-corrected chi connectivity index (χ0v) is 12.1. The Bertz CT molecular complexity index is 577. The number of benzene rings is 1. The fourth-order valence-electron chi connectivity index (χ4n) is 2.60. The van der Waals surface area contributed by atoms with Gasteiger partial charge in [-0.3, -0.25) is 0 Å². The Balaban J connectivity index is 2.73. The molecule has 98 valence electrons. The predicted molar refractivity (Wildman–Crippen MR) is 84.7 cm³/mol.